The predicted molar refractivity (Wildman–Crippen MR) is 58.1 cm³/mol. The molecule has 1 N–H and O–H groups in total. The Hall–Kier alpha value is -0.980. The van der Waals surface area contributed by atoms with Crippen molar-refractivity contribution in [1.82, 2.24) is 19.9 Å². The fourth-order valence-corrected chi connectivity index (χ4v) is 1.75. The van der Waals surface area contributed by atoms with E-state index in [4.69, 9.17) is 9.84 Å². The lowest BCUT2D eigenvalue weighted by atomic mass is 10.3. The van der Waals surface area contributed by atoms with E-state index in [1.54, 1.807) is 0 Å². The average Bonchev–Trinajstić information content (AvgIpc) is 2.76. The van der Waals surface area contributed by atoms with Crippen molar-refractivity contribution in [1.29, 1.82) is 0 Å². The third-order valence-corrected chi connectivity index (χ3v) is 2.70. The second kappa shape index (κ2) is 5.93. The van der Waals surface area contributed by atoms with Gasteiger partial charge in [0.25, 0.3) is 0 Å². The number of hydrogen-bond acceptors (Lipinski definition) is 5. The standard InChI is InChI=1S/C10H18N4O2/c15-6-1-10-9-14(12-11-10)3-2-13-4-7-16-8-5-13/h9,15H,1-8H2. The molecule has 0 aromatic carbocycles. The number of ether oxygens (including phenoxy) is 1. The van der Waals surface area contributed by atoms with E-state index in [2.05, 4.69) is 15.2 Å². The van der Waals surface area contributed by atoms with Gasteiger partial charge in [-0.2, -0.15) is 0 Å². The van der Waals surface area contributed by atoms with Crippen LogP contribution in [0, 0.1) is 0 Å². The highest BCUT2D eigenvalue weighted by Gasteiger charge is 2.10. The van der Waals surface area contributed by atoms with Crippen LogP contribution in [0.4, 0.5) is 0 Å². The zero-order valence-corrected chi connectivity index (χ0v) is 9.38. The Kier molecular flexibility index (Phi) is 4.26. The first-order valence-corrected chi connectivity index (χ1v) is 5.68. The molecule has 90 valence electrons. The van der Waals surface area contributed by atoms with E-state index in [0.717, 1.165) is 45.1 Å². The summed E-state index contributed by atoms with van der Waals surface area (Å²) in [6.45, 7) is 5.60. The molecular formula is C10H18N4O2. The molecule has 6 heteroatoms. The monoisotopic (exact) mass is 226 g/mol. The molecule has 1 aliphatic heterocycles. The zero-order chi connectivity index (χ0) is 11.2. The Morgan fingerprint density at radius 2 is 2.12 bits per heavy atom. The molecule has 2 heterocycles. The molecule has 16 heavy (non-hydrogen) atoms. The number of aromatic nitrogens is 3. The molecular weight excluding hydrogens is 208 g/mol. The van der Waals surface area contributed by atoms with Gasteiger partial charge in [0.1, 0.15) is 0 Å². The molecule has 1 aromatic heterocycles. The van der Waals surface area contributed by atoms with Crippen molar-refractivity contribution < 1.29 is 9.84 Å². The molecule has 2 rings (SSSR count). The molecule has 0 unspecified atom stereocenters. The maximum atomic E-state index is 8.76. The molecule has 0 bridgehead atoms. The minimum atomic E-state index is 0.127. The van der Waals surface area contributed by atoms with Gasteiger partial charge in [-0.3, -0.25) is 9.58 Å². The van der Waals surface area contributed by atoms with Gasteiger partial charge in [-0.05, 0) is 0 Å². The summed E-state index contributed by atoms with van der Waals surface area (Å²) in [6.07, 6.45) is 2.48. The Morgan fingerprint density at radius 1 is 1.31 bits per heavy atom. The fourth-order valence-electron chi connectivity index (χ4n) is 1.75. The van der Waals surface area contributed by atoms with Gasteiger partial charge in [-0.25, -0.2) is 0 Å². The van der Waals surface area contributed by atoms with Gasteiger partial charge >= 0.3 is 0 Å². The molecule has 1 saturated heterocycles. The van der Waals surface area contributed by atoms with Crippen LogP contribution in [0.1, 0.15) is 5.69 Å². The average molecular weight is 226 g/mol. The first-order valence-electron chi connectivity index (χ1n) is 5.68. The minimum absolute atomic E-state index is 0.127. The van der Waals surface area contributed by atoms with Crippen molar-refractivity contribution in [2.75, 3.05) is 39.5 Å². The maximum absolute atomic E-state index is 8.76. The lowest BCUT2D eigenvalue weighted by molar-refractivity contribution is 0.0359. The van der Waals surface area contributed by atoms with Crippen molar-refractivity contribution in [2.24, 2.45) is 0 Å². The number of aliphatic hydroxyl groups is 1. The molecule has 0 saturated carbocycles. The Balaban J connectivity index is 1.75. The summed E-state index contributed by atoms with van der Waals surface area (Å²) in [5.41, 5.74) is 0.851. The molecule has 1 aromatic rings. The molecule has 0 atom stereocenters. The van der Waals surface area contributed by atoms with Gasteiger partial charge in [0.2, 0.25) is 0 Å². The van der Waals surface area contributed by atoms with Gasteiger partial charge in [-0.15, -0.1) is 5.10 Å². The molecule has 0 spiro atoms. The smallest absolute Gasteiger partial charge is 0.0849 e. The van der Waals surface area contributed by atoms with Crippen LogP contribution in [0.3, 0.4) is 0 Å². The van der Waals surface area contributed by atoms with Crippen molar-refractivity contribution >= 4 is 0 Å². The van der Waals surface area contributed by atoms with Crippen LogP contribution >= 0.6 is 0 Å². The van der Waals surface area contributed by atoms with Crippen LogP contribution in [0.25, 0.3) is 0 Å². The summed E-state index contributed by atoms with van der Waals surface area (Å²) in [5, 5.41) is 16.8. The van der Waals surface area contributed by atoms with Gasteiger partial charge < -0.3 is 9.84 Å². The van der Waals surface area contributed by atoms with E-state index in [1.807, 2.05) is 10.9 Å². The first kappa shape index (κ1) is 11.5. The van der Waals surface area contributed by atoms with E-state index in [9.17, 15) is 0 Å². The van der Waals surface area contributed by atoms with E-state index >= 15 is 0 Å². The third-order valence-electron chi connectivity index (χ3n) is 2.70. The second-order valence-electron chi connectivity index (χ2n) is 3.90. The lowest BCUT2D eigenvalue weighted by Crippen LogP contribution is -2.38. The molecule has 0 aliphatic carbocycles. The number of hydrogen-bond donors (Lipinski definition) is 1. The molecule has 1 fully saturated rings. The summed E-state index contributed by atoms with van der Waals surface area (Å²) in [5.74, 6) is 0. The quantitative estimate of drug-likeness (QED) is 0.708. The number of nitrogens with zero attached hydrogens (tertiary/aromatic N) is 4. The highest BCUT2D eigenvalue weighted by molar-refractivity contribution is 4.92. The van der Waals surface area contributed by atoms with Crippen LogP contribution < -0.4 is 0 Å². The van der Waals surface area contributed by atoms with E-state index < -0.39 is 0 Å². The number of aliphatic hydroxyl groups excluding tert-OH is 1. The predicted octanol–water partition coefficient (Wildman–Crippen LogP) is -0.855. The summed E-state index contributed by atoms with van der Waals surface area (Å²) < 4.78 is 7.12. The van der Waals surface area contributed by atoms with Crippen LogP contribution in [0.5, 0.6) is 0 Å². The molecule has 6 nitrogen and oxygen atoms in total. The van der Waals surface area contributed by atoms with Crippen LogP contribution in [0.2, 0.25) is 0 Å². The molecule has 1 aliphatic rings. The van der Waals surface area contributed by atoms with E-state index in [1.165, 1.54) is 0 Å². The Morgan fingerprint density at radius 3 is 2.88 bits per heavy atom. The zero-order valence-electron chi connectivity index (χ0n) is 9.38. The minimum Gasteiger partial charge on any atom is -0.396 e. The molecule has 0 amide bonds. The Bertz CT molecular complexity index is 310. The van der Waals surface area contributed by atoms with Crippen molar-refractivity contribution in [3.63, 3.8) is 0 Å². The van der Waals surface area contributed by atoms with Crippen molar-refractivity contribution in [2.45, 2.75) is 13.0 Å². The topological polar surface area (TPSA) is 63.4 Å². The van der Waals surface area contributed by atoms with Gasteiger partial charge in [0, 0.05) is 38.9 Å². The van der Waals surface area contributed by atoms with Crippen LogP contribution in [-0.4, -0.2) is 64.5 Å². The van der Waals surface area contributed by atoms with E-state index in [0.29, 0.717) is 6.42 Å². The van der Waals surface area contributed by atoms with Crippen molar-refractivity contribution in [3.05, 3.63) is 11.9 Å². The summed E-state index contributed by atoms with van der Waals surface area (Å²) in [7, 11) is 0. The SMILES string of the molecule is OCCc1cn(CCN2CCOCC2)nn1. The first-order chi connectivity index (χ1) is 7.88. The summed E-state index contributed by atoms with van der Waals surface area (Å²) in [6, 6.07) is 0. The summed E-state index contributed by atoms with van der Waals surface area (Å²) in [4.78, 5) is 2.36. The number of rotatable bonds is 5. The van der Waals surface area contributed by atoms with E-state index in [-0.39, 0.29) is 6.61 Å². The lowest BCUT2D eigenvalue weighted by Gasteiger charge is -2.26. The third kappa shape index (κ3) is 3.26. The number of morpholine rings is 1. The highest BCUT2D eigenvalue weighted by atomic mass is 16.5. The molecule has 0 radical (unpaired) electrons. The highest BCUT2D eigenvalue weighted by Crippen LogP contribution is 1.98. The van der Waals surface area contributed by atoms with Crippen LogP contribution in [0.15, 0.2) is 6.20 Å². The van der Waals surface area contributed by atoms with Gasteiger partial charge in [0.15, 0.2) is 0 Å². The maximum Gasteiger partial charge on any atom is 0.0849 e. The fraction of sp³-hybridized carbons (Fsp3) is 0.800. The largest absolute Gasteiger partial charge is 0.396 e. The Labute approximate surface area is 94.8 Å². The second-order valence-corrected chi connectivity index (χ2v) is 3.90. The van der Waals surface area contributed by atoms with Crippen LogP contribution in [-0.2, 0) is 17.7 Å². The summed E-state index contributed by atoms with van der Waals surface area (Å²) >= 11 is 0. The van der Waals surface area contributed by atoms with Gasteiger partial charge in [0.05, 0.1) is 25.5 Å². The van der Waals surface area contributed by atoms with Crippen molar-refractivity contribution in [3.8, 4) is 0 Å². The normalized spacial score (nSPS) is 17.8. The van der Waals surface area contributed by atoms with Gasteiger partial charge in [-0.1, -0.05) is 5.21 Å².